The molecule has 7 nitrogen and oxygen atoms in total. The van der Waals surface area contributed by atoms with Crippen molar-refractivity contribution in [2.45, 2.75) is 50.8 Å². The number of aliphatic imine (C=N–C) groups is 1. The molecule has 2 unspecified atom stereocenters. The van der Waals surface area contributed by atoms with Gasteiger partial charge in [0.05, 0.1) is 19.6 Å². The van der Waals surface area contributed by atoms with E-state index in [-0.39, 0.29) is 18.5 Å². The van der Waals surface area contributed by atoms with E-state index >= 15 is 0 Å². The summed E-state index contributed by atoms with van der Waals surface area (Å²) in [7, 11) is 0. The fourth-order valence-electron chi connectivity index (χ4n) is 3.12. The van der Waals surface area contributed by atoms with Gasteiger partial charge < -0.3 is 16.0 Å². The standard InChI is InChI=1S/C16H29N5O2S/c1-3-17-15(18-8-9-21-14(22)11-19-16(21)23)20-12-6-5-7-13(10-12)24-4-2/h12-13H,3-11H2,1-2H3,(H,19,23)(H2,17,18,20). The lowest BCUT2D eigenvalue weighted by Crippen LogP contribution is -2.46. The number of nitrogens with zero attached hydrogens (tertiary/aromatic N) is 2. The van der Waals surface area contributed by atoms with Gasteiger partial charge in [0.2, 0.25) is 5.91 Å². The molecule has 2 aliphatic rings. The van der Waals surface area contributed by atoms with E-state index in [0.717, 1.165) is 36.3 Å². The Morgan fingerprint density at radius 2 is 2.21 bits per heavy atom. The lowest BCUT2D eigenvalue weighted by Gasteiger charge is -2.30. The van der Waals surface area contributed by atoms with Gasteiger partial charge >= 0.3 is 6.03 Å². The molecule has 0 spiro atoms. The number of hydrogen-bond donors (Lipinski definition) is 3. The van der Waals surface area contributed by atoms with Gasteiger partial charge in [-0.05, 0) is 31.9 Å². The normalized spacial score (nSPS) is 24.9. The fraction of sp³-hybridized carbons (Fsp3) is 0.812. The maximum atomic E-state index is 11.6. The minimum atomic E-state index is -0.320. The molecule has 0 aromatic heterocycles. The molecule has 8 heteroatoms. The number of carbonyl (C=O) groups is 2. The minimum Gasteiger partial charge on any atom is -0.357 e. The van der Waals surface area contributed by atoms with Gasteiger partial charge in [-0.3, -0.25) is 14.7 Å². The number of guanidine groups is 1. The lowest BCUT2D eigenvalue weighted by molar-refractivity contribution is -0.124. The van der Waals surface area contributed by atoms with E-state index in [2.05, 4.69) is 27.9 Å². The quantitative estimate of drug-likeness (QED) is 0.362. The summed E-state index contributed by atoms with van der Waals surface area (Å²) in [6, 6.07) is 0.122. The molecule has 2 fully saturated rings. The molecule has 1 aliphatic heterocycles. The van der Waals surface area contributed by atoms with E-state index in [0.29, 0.717) is 19.1 Å². The Morgan fingerprint density at radius 3 is 2.88 bits per heavy atom. The molecule has 1 saturated carbocycles. The molecular weight excluding hydrogens is 326 g/mol. The largest absolute Gasteiger partial charge is 0.357 e. The molecule has 2 rings (SSSR count). The monoisotopic (exact) mass is 355 g/mol. The van der Waals surface area contributed by atoms with Crippen LogP contribution in [0.15, 0.2) is 4.99 Å². The molecule has 0 bridgehead atoms. The number of rotatable bonds is 7. The molecule has 0 aromatic carbocycles. The Hall–Kier alpha value is -1.44. The molecule has 1 saturated heterocycles. The SMILES string of the molecule is CCNC(=NCCN1C(=O)CNC1=O)NC1CCCC(SCC)C1. The zero-order valence-electron chi connectivity index (χ0n) is 14.6. The van der Waals surface area contributed by atoms with Crippen molar-refractivity contribution < 1.29 is 9.59 Å². The van der Waals surface area contributed by atoms with Crippen LogP contribution in [0.1, 0.15) is 39.5 Å². The van der Waals surface area contributed by atoms with Crippen molar-refractivity contribution in [3.05, 3.63) is 0 Å². The molecule has 0 aromatic rings. The van der Waals surface area contributed by atoms with Gasteiger partial charge in [-0.1, -0.05) is 13.3 Å². The molecule has 1 aliphatic carbocycles. The smallest absolute Gasteiger partial charge is 0.324 e. The van der Waals surface area contributed by atoms with E-state index in [9.17, 15) is 9.59 Å². The Bertz CT molecular complexity index is 453. The van der Waals surface area contributed by atoms with Crippen molar-refractivity contribution in [3.8, 4) is 0 Å². The second-order valence-electron chi connectivity index (χ2n) is 6.05. The maximum absolute atomic E-state index is 11.6. The van der Waals surface area contributed by atoms with Crippen molar-refractivity contribution in [1.82, 2.24) is 20.9 Å². The summed E-state index contributed by atoms with van der Waals surface area (Å²) in [5.74, 6) is 1.76. The molecule has 1 heterocycles. The predicted molar refractivity (Wildman–Crippen MR) is 98.4 cm³/mol. The third-order valence-corrected chi connectivity index (χ3v) is 5.48. The highest BCUT2D eigenvalue weighted by molar-refractivity contribution is 7.99. The average Bonchev–Trinajstić information content (AvgIpc) is 2.87. The third kappa shape index (κ3) is 5.58. The Kier molecular flexibility index (Phi) is 7.68. The van der Waals surface area contributed by atoms with E-state index in [1.165, 1.54) is 17.7 Å². The highest BCUT2D eigenvalue weighted by Gasteiger charge is 2.27. The van der Waals surface area contributed by atoms with Crippen molar-refractivity contribution in [2.24, 2.45) is 4.99 Å². The summed E-state index contributed by atoms with van der Waals surface area (Å²) < 4.78 is 0. The van der Waals surface area contributed by atoms with E-state index in [1.54, 1.807) is 0 Å². The number of hydrogen-bond acceptors (Lipinski definition) is 4. The zero-order valence-corrected chi connectivity index (χ0v) is 15.5. The summed E-state index contributed by atoms with van der Waals surface area (Å²) in [6.07, 6.45) is 4.88. The van der Waals surface area contributed by atoms with Crippen LogP contribution in [0.3, 0.4) is 0 Å². The van der Waals surface area contributed by atoms with Crippen LogP contribution in [0.25, 0.3) is 0 Å². The van der Waals surface area contributed by atoms with Crippen LogP contribution in [0, 0.1) is 0 Å². The molecule has 2 atom stereocenters. The van der Waals surface area contributed by atoms with Gasteiger partial charge in [0.15, 0.2) is 5.96 Å². The lowest BCUT2D eigenvalue weighted by atomic mass is 9.95. The molecule has 3 N–H and O–H groups in total. The molecular formula is C16H29N5O2S. The summed E-state index contributed by atoms with van der Waals surface area (Å²) >= 11 is 2.04. The fourth-order valence-corrected chi connectivity index (χ4v) is 4.29. The number of thioether (sulfide) groups is 1. The first-order valence-electron chi connectivity index (χ1n) is 8.88. The average molecular weight is 356 g/mol. The van der Waals surface area contributed by atoms with Crippen molar-refractivity contribution in [2.75, 3.05) is 31.9 Å². The second kappa shape index (κ2) is 9.76. The first-order valence-corrected chi connectivity index (χ1v) is 9.93. The summed E-state index contributed by atoms with van der Waals surface area (Å²) in [6.45, 7) is 5.86. The molecule has 0 radical (unpaired) electrons. The van der Waals surface area contributed by atoms with Gasteiger partial charge in [-0.25, -0.2) is 4.79 Å². The van der Waals surface area contributed by atoms with E-state index in [1.807, 2.05) is 18.7 Å². The second-order valence-corrected chi connectivity index (χ2v) is 7.63. The van der Waals surface area contributed by atoms with Crippen LogP contribution in [0.4, 0.5) is 4.79 Å². The van der Waals surface area contributed by atoms with Gasteiger partial charge in [-0.15, -0.1) is 0 Å². The van der Waals surface area contributed by atoms with E-state index < -0.39 is 0 Å². The Labute approximate surface area is 148 Å². The van der Waals surface area contributed by atoms with Gasteiger partial charge in [0.1, 0.15) is 0 Å². The zero-order chi connectivity index (χ0) is 17.4. The summed E-state index contributed by atoms with van der Waals surface area (Å²) in [5, 5.41) is 10.0. The summed E-state index contributed by atoms with van der Waals surface area (Å²) in [4.78, 5) is 28.8. The van der Waals surface area contributed by atoms with Gasteiger partial charge in [-0.2, -0.15) is 11.8 Å². The number of carbonyl (C=O) groups excluding carboxylic acids is 2. The molecule has 3 amide bonds. The van der Waals surface area contributed by atoms with E-state index in [4.69, 9.17) is 0 Å². The maximum Gasteiger partial charge on any atom is 0.324 e. The Morgan fingerprint density at radius 1 is 1.38 bits per heavy atom. The number of urea groups is 1. The highest BCUT2D eigenvalue weighted by atomic mass is 32.2. The topological polar surface area (TPSA) is 85.8 Å². The molecule has 136 valence electrons. The first kappa shape index (κ1) is 18.9. The van der Waals surface area contributed by atoms with Crippen molar-refractivity contribution >= 4 is 29.7 Å². The number of imide groups is 1. The van der Waals surface area contributed by atoms with Crippen molar-refractivity contribution in [3.63, 3.8) is 0 Å². The minimum absolute atomic E-state index is 0.0966. The predicted octanol–water partition coefficient (Wildman–Crippen LogP) is 1.16. The van der Waals surface area contributed by atoms with Crippen LogP contribution < -0.4 is 16.0 Å². The van der Waals surface area contributed by atoms with Crippen LogP contribution in [0.5, 0.6) is 0 Å². The van der Waals surface area contributed by atoms with Gasteiger partial charge in [0, 0.05) is 17.8 Å². The van der Waals surface area contributed by atoms with Crippen LogP contribution >= 0.6 is 11.8 Å². The van der Waals surface area contributed by atoms with Crippen LogP contribution in [-0.4, -0.2) is 66.0 Å². The molecule has 24 heavy (non-hydrogen) atoms. The number of amides is 3. The first-order chi connectivity index (χ1) is 11.6. The van der Waals surface area contributed by atoms with Crippen LogP contribution in [-0.2, 0) is 4.79 Å². The van der Waals surface area contributed by atoms with Crippen molar-refractivity contribution in [1.29, 1.82) is 0 Å². The highest BCUT2D eigenvalue weighted by Crippen LogP contribution is 2.28. The van der Waals surface area contributed by atoms with Gasteiger partial charge in [0.25, 0.3) is 0 Å². The number of nitrogens with one attached hydrogen (secondary N) is 3. The Balaban J connectivity index is 1.83. The third-order valence-electron chi connectivity index (χ3n) is 4.24. The summed E-state index contributed by atoms with van der Waals surface area (Å²) in [5.41, 5.74) is 0. The van der Waals surface area contributed by atoms with Crippen LogP contribution in [0.2, 0.25) is 0 Å².